The highest BCUT2D eigenvalue weighted by Crippen LogP contribution is 2.17. The molecule has 0 amide bonds. The summed E-state index contributed by atoms with van der Waals surface area (Å²) in [5, 5.41) is 3.38. The van der Waals surface area contributed by atoms with Crippen molar-refractivity contribution in [2.45, 2.75) is 19.5 Å². The molecule has 0 saturated heterocycles. The largest absolute Gasteiger partial charge is 0.306 e. The summed E-state index contributed by atoms with van der Waals surface area (Å²) in [6.07, 6.45) is 0. The molecule has 0 unspecified atom stereocenters. The van der Waals surface area contributed by atoms with Crippen LogP contribution in [0.4, 0.5) is 4.39 Å². The second kappa shape index (κ2) is 6.12. The van der Waals surface area contributed by atoms with Crippen molar-refractivity contribution in [1.82, 2.24) is 5.32 Å². The zero-order valence-corrected chi connectivity index (χ0v) is 11.7. The van der Waals surface area contributed by atoms with Crippen molar-refractivity contribution < 1.29 is 4.39 Å². The lowest BCUT2D eigenvalue weighted by molar-refractivity contribution is 0.568. The van der Waals surface area contributed by atoms with E-state index in [-0.39, 0.29) is 11.9 Å². The molecule has 0 aliphatic heterocycles. The first-order valence-electron chi connectivity index (χ1n) is 5.89. The Morgan fingerprint density at radius 2 is 1.89 bits per heavy atom. The first-order valence-corrected chi connectivity index (χ1v) is 6.68. The molecule has 1 nitrogen and oxygen atoms in total. The normalized spacial score (nSPS) is 12.4. The van der Waals surface area contributed by atoms with E-state index < -0.39 is 0 Å². The van der Waals surface area contributed by atoms with Crippen molar-refractivity contribution in [2.75, 3.05) is 0 Å². The van der Waals surface area contributed by atoms with Crippen molar-refractivity contribution in [1.29, 1.82) is 0 Å². The van der Waals surface area contributed by atoms with Crippen LogP contribution in [0.25, 0.3) is 0 Å². The SMILES string of the molecule is C[C@@H](NCc1ccc(Br)c(F)c1)c1ccccc1. The van der Waals surface area contributed by atoms with Crippen LogP contribution in [0.1, 0.15) is 24.1 Å². The van der Waals surface area contributed by atoms with Gasteiger partial charge in [-0.25, -0.2) is 4.39 Å². The van der Waals surface area contributed by atoms with Crippen LogP contribution >= 0.6 is 15.9 Å². The third kappa shape index (κ3) is 3.40. The van der Waals surface area contributed by atoms with Gasteiger partial charge in [-0.15, -0.1) is 0 Å². The minimum absolute atomic E-state index is 0.221. The summed E-state index contributed by atoms with van der Waals surface area (Å²) in [6, 6.07) is 15.7. The predicted octanol–water partition coefficient (Wildman–Crippen LogP) is 4.44. The van der Waals surface area contributed by atoms with E-state index in [9.17, 15) is 4.39 Å². The predicted molar refractivity (Wildman–Crippen MR) is 75.8 cm³/mol. The summed E-state index contributed by atoms with van der Waals surface area (Å²) >= 11 is 3.15. The lowest BCUT2D eigenvalue weighted by Gasteiger charge is -2.14. The maximum atomic E-state index is 13.4. The monoisotopic (exact) mass is 307 g/mol. The van der Waals surface area contributed by atoms with E-state index in [4.69, 9.17) is 0 Å². The lowest BCUT2D eigenvalue weighted by Crippen LogP contribution is -2.18. The van der Waals surface area contributed by atoms with Gasteiger partial charge < -0.3 is 5.32 Å². The Balaban J connectivity index is 1.97. The molecule has 1 N–H and O–H groups in total. The van der Waals surface area contributed by atoms with Crippen LogP contribution in [0.2, 0.25) is 0 Å². The number of rotatable bonds is 4. The maximum Gasteiger partial charge on any atom is 0.137 e. The zero-order chi connectivity index (χ0) is 13.0. The number of nitrogens with one attached hydrogen (secondary N) is 1. The molecule has 94 valence electrons. The fourth-order valence-electron chi connectivity index (χ4n) is 1.78. The molecule has 2 rings (SSSR count). The zero-order valence-electron chi connectivity index (χ0n) is 10.2. The van der Waals surface area contributed by atoms with Gasteiger partial charge >= 0.3 is 0 Å². The molecule has 0 spiro atoms. The molecule has 0 saturated carbocycles. The average Bonchev–Trinajstić information content (AvgIpc) is 2.41. The quantitative estimate of drug-likeness (QED) is 0.880. The van der Waals surface area contributed by atoms with Crippen LogP contribution in [-0.2, 0) is 6.54 Å². The van der Waals surface area contributed by atoms with E-state index in [1.165, 1.54) is 5.56 Å². The molecule has 0 aliphatic carbocycles. The summed E-state index contributed by atoms with van der Waals surface area (Å²) in [4.78, 5) is 0. The van der Waals surface area contributed by atoms with Gasteiger partial charge in [0.25, 0.3) is 0 Å². The minimum Gasteiger partial charge on any atom is -0.306 e. The van der Waals surface area contributed by atoms with E-state index >= 15 is 0 Å². The number of halogens is 2. The van der Waals surface area contributed by atoms with Gasteiger partial charge in [-0.3, -0.25) is 0 Å². The van der Waals surface area contributed by atoms with Gasteiger partial charge in [0.05, 0.1) is 4.47 Å². The highest BCUT2D eigenvalue weighted by molar-refractivity contribution is 9.10. The smallest absolute Gasteiger partial charge is 0.137 e. The van der Waals surface area contributed by atoms with Crippen LogP contribution in [0.3, 0.4) is 0 Å². The van der Waals surface area contributed by atoms with Gasteiger partial charge in [0.1, 0.15) is 5.82 Å². The van der Waals surface area contributed by atoms with Crippen LogP contribution < -0.4 is 5.32 Å². The minimum atomic E-state index is -0.221. The summed E-state index contributed by atoms with van der Waals surface area (Å²) in [7, 11) is 0. The molecule has 0 aromatic heterocycles. The first kappa shape index (κ1) is 13.2. The summed E-state index contributed by atoms with van der Waals surface area (Å²) in [5.74, 6) is -0.221. The molecule has 3 heteroatoms. The van der Waals surface area contributed by atoms with Crippen LogP contribution in [0.15, 0.2) is 53.0 Å². The topological polar surface area (TPSA) is 12.0 Å². The molecule has 2 aromatic carbocycles. The number of hydrogen-bond acceptors (Lipinski definition) is 1. The Bertz CT molecular complexity index is 513. The van der Waals surface area contributed by atoms with E-state index in [2.05, 4.69) is 40.3 Å². The maximum absolute atomic E-state index is 13.4. The second-order valence-electron chi connectivity index (χ2n) is 4.26. The molecule has 0 bridgehead atoms. The Hall–Kier alpha value is -1.19. The highest BCUT2D eigenvalue weighted by atomic mass is 79.9. The van der Waals surface area contributed by atoms with Gasteiger partial charge in [0.2, 0.25) is 0 Å². The first-order chi connectivity index (χ1) is 8.66. The Morgan fingerprint density at radius 3 is 2.56 bits per heavy atom. The summed E-state index contributed by atoms with van der Waals surface area (Å²) in [5.41, 5.74) is 2.17. The van der Waals surface area contributed by atoms with Gasteiger partial charge in [-0.1, -0.05) is 36.4 Å². The van der Waals surface area contributed by atoms with E-state index in [0.717, 1.165) is 5.56 Å². The van der Waals surface area contributed by atoms with Gasteiger partial charge in [-0.2, -0.15) is 0 Å². The molecular formula is C15H15BrFN. The number of hydrogen-bond donors (Lipinski definition) is 1. The lowest BCUT2D eigenvalue weighted by atomic mass is 10.1. The van der Waals surface area contributed by atoms with E-state index in [1.807, 2.05) is 24.3 Å². The summed E-state index contributed by atoms with van der Waals surface area (Å²) in [6.45, 7) is 2.75. The Kier molecular flexibility index (Phi) is 4.50. The molecule has 0 radical (unpaired) electrons. The fraction of sp³-hybridized carbons (Fsp3) is 0.200. The van der Waals surface area contributed by atoms with Gasteiger partial charge in [0.15, 0.2) is 0 Å². The number of benzene rings is 2. The Labute approximate surface area is 115 Å². The molecule has 18 heavy (non-hydrogen) atoms. The molecule has 1 atom stereocenters. The molecular weight excluding hydrogens is 293 g/mol. The van der Waals surface area contributed by atoms with E-state index in [1.54, 1.807) is 12.1 Å². The van der Waals surface area contributed by atoms with Gasteiger partial charge in [0, 0.05) is 12.6 Å². The van der Waals surface area contributed by atoms with Crippen molar-refractivity contribution in [3.05, 3.63) is 69.9 Å². The van der Waals surface area contributed by atoms with Crippen LogP contribution in [-0.4, -0.2) is 0 Å². The molecule has 2 aromatic rings. The fourth-order valence-corrected chi connectivity index (χ4v) is 2.03. The summed E-state index contributed by atoms with van der Waals surface area (Å²) < 4.78 is 13.9. The molecule has 0 fully saturated rings. The van der Waals surface area contributed by atoms with Crippen molar-refractivity contribution in [3.8, 4) is 0 Å². The standard InChI is InChI=1S/C15H15BrFN/c1-11(13-5-3-2-4-6-13)18-10-12-7-8-14(16)15(17)9-12/h2-9,11,18H,10H2,1H3/t11-/m1/s1. The Morgan fingerprint density at radius 1 is 1.17 bits per heavy atom. The van der Waals surface area contributed by atoms with Crippen molar-refractivity contribution >= 4 is 15.9 Å². The van der Waals surface area contributed by atoms with Crippen molar-refractivity contribution in [2.24, 2.45) is 0 Å². The highest BCUT2D eigenvalue weighted by Gasteiger charge is 2.05. The molecule has 0 aliphatic rings. The average molecular weight is 308 g/mol. The third-order valence-corrected chi connectivity index (χ3v) is 3.54. The molecule has 0 heterocycles. The van der Waals surface area contributed by atoms with E-state index in [0.29, 0.717) is 11.0 Å². The van der Waals surface area contributed by atoms with Crippen molar-refractivity contribution in [3.63, 3.8) is 0 Å². The second-order valence-corrected chi connectivity index (χ2v) is 5.12. The van der Waals surface area contributed by atoms with Crippen LogP contribution in [0.5, 0.6) is 0 Å². The van der Waals surface area contributed by atoms with Gasteiger partial charge in [-0.05, 0) is 46.1 Å². The third-order valence-electron chi connectivity index (χ3n) is 2.90. The van der Waals surface area contributed by atoms with Crippen LogP contribution in [0, 0.1) is 5.82 Å².